The van der Waals surface area contributed by atoms with E-state index in [0.29, 0.717) is 6.42 Å². The Bertz CT molecular complexity index is 643. The molecule has 1 N–H and O–H groups in total. The Balaban J connectivity index is 2.00. The molecule has 0 unspecified atom stereocenters. The van der Waals surface area contributed by atoms with E-state index in [2.05, 4.69) is 24.3 Å². The zero-order valence-corrected chi connectivity index (χ0v) is 14.1. The van der Waals surface area contributed by atoms with Crippen LogP contribution in [0.3, 0.4) is 0 Å². The van der Waals surface area contributed by atoms with E-state index in [-0.39, 0.29) is 17.9 Å². The maximum atomic E-state index is 14.0. The van der Waals surface area contributed by atoms with E-state index in [1.807, 2.05) is 48.3 Å². The lowest BCUT2D eigenvalue weighted by molar-refractivity contribution is 0.302. The highest BCUT2D eigenvalue weighted by Gasteiger charge is 2.45. The quantitative estimate of drug-likeness (QED) is 0.734. The van der Waals surface area contributed by atoms with Crippen molar-refractivity contribution in [3.63, 3.8) is 0 Å². The van der Waals surface area contributed by atoms with Crippen LogP contribution in [0.15, 0.2) is 72.6 Å². The number of aliphatic hydroxyl groups excluding tert-OH is 1. The van der Waals surface area contributed by atoms with Crippen LogP contribution in [-0.4, -0.2) is 11.7 Å². The summed E-state index contributed by atoms with van der Waals surface area (Å²) in [5.74, 6) is 1.92. The van der Waals surface area contributed by atoms with Crippen molar-refractivity contribution in [1.29, 1.82) is 0 Å². The summed E-state index contributed by atoms with van der Waals surface area (Å²) in [6, 6.07) is 20.4. The highest BCUT2D eigenvalue weighted by molar-refractivity contribution is 7.68. The van der Waals surface area contributed by atoms with Crippen molar-refractivity contribution in [2.75, 3.05) is 6.61 Å². The fraction of sp³-hybridized carbons (Fsp3) is 0.300. The van der Waals surface area contributed by atoms with Crippen LogP contribution in [0.1, 0.15) is 41.7 Å². The molecule has 1 heterocycles. The third-order valence-electron chi connectivity index (χ3n) is 4.69. The topological polar surface area (TPSA) is 37.3 Å². The number of rotatable bonds is 5. The third-order valence-corrected chi connectivity index (χ3v) is 8.43. The molecule has 0 amide bonds. The Morgan fingerprint density at radius 3 is 1.83 bits per heavy atom. The molecule has 3 heteroatoms. The van der Waals surface area contributed by atoms with Crippen LogP contribution < -0.4 is 0 Å². The molecule has 1 aliphatic heterocycles. The van der Waals surface area contributed by atoms with Gasteiger partial charge in [0.25, 0.3) is 0 Å². The lowest BCUT2D eigenvalue weighted by Gasteiger charge is -2.24. The Labute approximate surface area is 138 Å². The number of benzene rings is 2. The minimum Gasteiger partial charge on any atom is -0.396 e. The highest BCUT2D eigenvalue weighted by atomic mass is 31.2. The molecule has 2 nitrogen and oxygen atoms in total. The second-order valence-corrected chi connectivity index (χ2v) is 9.16. The predicted molar refractivity (Wildman–Crippen MR) is 96.0 cm³/mol. The molecule has 1 saturated heterocycles. The number of hydrogen-bond donors (Lipinski definition) is 1. The molecule has 0 radical (unpaired) electrons. The Kier molecular flexibility index (Phi) is 5.15. The average molecular weight is 326 g/mol. The summed E-state index contributed by atoms with van der Waals surface area (Å²) in [4.78, 5) is 0. The standard InChI is InChI=1S/C20H23O2P/c21-15-7-8-16-23(22)19(17-9-3-1-4-10-17)13-14-20(23)18-11-5-2-6-12-18/h1-6,8-12,16,19-21H,7,13-15H2/b16-8-/t19-,20-/m1/s1. The fourth-order valence-corrected chi connectivity index (χ4v) is 7.32. The van der Waals surface area contributed by atoms with E-state index in [1.54, 1.807) is 0 Å². The second-order valence-electron chi connectivity index (χ2n) is 6.09. The zero-order valence-electron chi connectivity index (χ0n) is 13.2. The molecule has 0 aromatic heterocycles. The van der Waals surface area contributed by atoms with Crippen molar-refractivity contribution in [3.8, 4) is 0 Å². The molecule has 0 saturated carbocycles. The monoisotopic (exact) mass is 326 g/mol. The van der Waals surface area contributed by atoms with Gasteiger partial charge in [0.2, 0.25) is 0 Å². The molecule has 120 valence electrons. The predicted octanol–water partition coefficient (Wildman–Crippen LogP) is 5.52. The number of aliphatic hydroxyl groups is 1. The Morgan fingerprint density at radius 2 is 1.39 bits per heavy atom. The molecule has 2 atom stereocenters. The van der Waals surface area contributed by atoms with Crippen LogP contribution in [0.2, 0.25) is 0 Å². The normalized spacial score (nSPS) is 23.3. The van der Waals surface area contributed by atoms with Crippen LogP contribution in [0.25, 0.3) is 0 Å². The van der Waals surface area contributed by atoms with Gasteiger partial charge in [-0.2, -0.15) is 0 Å². The Hall–Kier alpha value is -1.63. The van der Waals surface area contributed by atoms with Gasteiger partial charge in [-0.05, 0) is 36.2 Å². The van der Waals surface area contributed by atoms with Gasteiger partial charge in [-0.1, -0.05) is 66.7 Å². The van der Waals surface area contributed by atoms with Crippen molar-refractivity contribution >= 4 is 7.14 Å². The van der Waals surface area contributed by atoms with Gasteiger partial charge in [-0.15, -0.1) is 0 Å². The summed E-state index contributed by atoms with van der Waals surface area (Å²) in [6.45, 7) is 0.0997. The minimum atomic E-state index is -2.56. The second kappa shape index (κ2) is 7.29. The van der Waals surface area contributed by atoms with E-state index < -0.39 is 7.14 Å². The third kappa shape index (κ3) is 3.34. The lowest BCUT2D eigenvalue weighted by Crippen LogP contribution is -1.97. The van der Waals surface area contributed by atoms with Gasteiger partial charge < -0.3 is 9.67 Å². The minimum absolute atomic E-state index is 0.0869. The summed E-state index contributed by atoms with van der Waals surface area (Å²) in [5.41, 5.74) is 2.51. The van der Waals surface area contributed by atoms with Gasteiger partial charge >= 0.3 is 0 Å². The van der Waals surface area contributed by atoms with Gasteiger partial charge in [0.15, 0.2) is 0 Å². The SMILES string of the molecule is O=P1(/C=C\CCO)[C@@H](c2ccccc2)CC[C@@H]1c1ccccc1. The van der Waals surface area contributed by atoms with Gasteiger partial charge in [0.05, 0.1) is 0 Å². The number of hydrogen-bond acceptors (Lipinski definition) is 2. The first kappa shape index (κ1) is 16.2. The van der Waals surface area contributed by atoms with Gasteiger partial charge in [-0.25, -0.2) is 0 Å². The molecule has 0 aliphatic carbocycles. The first-order chi connectivity index (χ1) is 11.3. The smallest absolute Gasteiger partial charge is 0.122 e. The largest absolute Gasteiger partial charge is 0.396 e. The van der Waals surface area contributed by atoms with Gasteiger partial charge in [-0.3, -0.25) is 0 Å². The fourth-order valence-electron chi connectivity index (χ4n) is 3.61. The van der Waals surface area contributed by atoms with E-state index in [1.165, 1.54) is 11.1 Å². The van der Waals surface area contributed by atoms with Crippen molar-refractivity contribution in [3.05, 3.63) is 83.7 Å². The molecule has 0 spiro atoms. The molecule has 1 fully saturated rings. The van der Waals surface area contributed by atoms with E-state index in [9.17, 15) is 4.57 Å². The van der Waals surface area contributed by atoms with Crippen LogP contribution >= 0.6 is 7.14 Å². The highest BCUT2D eigenvalue weighted by Crippen LogP contribution is 2.77. The van der Waals surface area contributed by atoms with Crippen molar-refractivity contribution in [2.24, 2.45) is 0 Å². The van der Waals surface area contributed by atoms with Crippen molar-refractivity contribution < 1.29 is 9.67 Å². The zero-order chi connectivity index (χ0) is 16.1. The molecular formula is C20H23O2P. The summed E-state index contributed by atoms with van der Waals surface area (Å²) >= 11 is 0. The van der Waals surface area contributed by atoms with Crippen LogP contribution in [0.5, 0.6) is 0 Å². The van der Waals surface area contributed by atoms with E-state index in [0.717, 1.165) is 12.8 Å². The summed E-state index contributed by atoms with van der Waals surface area (Å²) in [6.07, 6.45) is 4.36. The van der Waals surface area contributed by atoms with Crippen LogP contribution in [0.4, 0.5) is 0 Å². The van der Waals surface area contributed by atoms with Crippen LogP contribution in [-0.2, 0) is 4.57 Å². The van der Waals surface area contributed by atoms with Crippen molar-refractivity contribution in [1.82, 2.24) is 0 Å². The van der Waals surface area contributed by atoms with Gasteiger partial charge in [0, 0.05) is 17.9 Å². The van der Waals surface area contributed by atoms with E-state index >= 15 is 0 Å². The van der Waals surface area contributed by atoms with Crippen LogP contribution in [0, 0.1) is 0 Å². The molecule has 2 aromatic carbocycles. The summed E-state index contributed by atoms with van der Waals surface area (Å²) in [7, 11) is -2.56. The maximum absolute atomic E-state index is 14.0. The summed E-state index contributed by atoms with van der Waals surface area (Å²) in [5, 5.41) is 9.05. The van der Waals surface area contributed by atoms with Crippen molar-refractivity contribution in [2.45, 2.75) is 30.6 Å². The molecule has 2 aromatic rings. The first-order valence-electron chi connectivity index (χ1n) is 8.23. The first-order valence-corrected chi connectivity index (χ1v) is 10.1. The maximum Gasteiger partial charge on any atom is 0.122 e. The summed E-state index contributed by atoms with van der Waals surface area (Å²) < 4.78 is 14.0. The molecular weight excluding hydrogens is 303 g/mol. The average Bonchev–Trinajstić information content (AvgIpc) is 2.94. The molecule has 23 heavy (non-hydrogen) atoms. The Morgan fingerprint density at radius 1 is 0.913 bits per heavy atom. The lowest BCUT2D eigenvalue weighted by atomic mass is 10.0. The van der Waals surface area contributed by atoms with E-state index in [4.69, 9.17) is 5.11 Å². The molecule has 1 aliphatic rings. The van der Waals surface area contributed by atoms with Gasteiger partial charge in [0.1, 0.15) is 7.14 Å². The molecule has 0 bridgehead atoms. The molecule has 3 rings (SSSR count).